The molecule has 0 aliphatic heterocycles. The summed E-state index contributed by atoms with van der Waals surface area (Å²) in [7, 11) is 0. The highest BCUT2D eigenvalue weighted by Gasteiger charge is 2.21. The van der Waals surface area contributed by atoms with Crippen molar-refractivity contribution in [3.05, 3.63) is 18.3 Å². The van der Waals surface area contributed by atoms with Crippen molar-refractivity contribution in [3.8, 4) is 5.88 Å². The molecule has 0 atom stereocenters. The summed E-state index contributed by atoms with van der Waals surface area (Å²) in [4.78, 5) is 4.03. The smallest absolute Gasteiger partial charge is 0.213 e. The molecule has 2 N–H and O–H groups in total. The van der Waals surface area contributed by atoms with Crippen LogP contribution in [0.3, 0.4) is 0 Å². The minimum Gasteiger partial charge on any atom is -0.477 e. The topological polar surface area (TPSA) is 48.1 Å². The normalized spacial score (nSPS) is 16.0. The molecule has 0 amide bonds. The van der Waals surface area contributed by atoms with Crippen molar-refractivity contribution in [1.29, 1.82) is 0 Å². The van der Waals surface area contributed by atoms with Crippen molar-refractivity contribution in [1.82, 2.24) is 4.98 Å². The van der Waals surface area contributed by atoms with Gasteiger partial charge in [0, 0.05) is 6.07 Å². The summed E-state index contributed by atoms with van der Waals surface area (Å²) in [6.07, 6.45) is 4.21. The lowest BCUT2D eigenvalue weighted by atomic mass is 10.4. The van der Waals surface area contributed by atoms with Gasteiger partial charge in [0.1, 0.15) is 0 Å². The number of nitrogens with two attached hydrogens (primary N) is 1. The average Bonchev–Trinajstić information content (AvgIpc) is 2.87. The van der Waals surface area contributed by atoms with Crippen LogP contribution < -0.4 is 10.5 Å². The van der Waals surface area contributed by atoms with Gasteiger partial charge in [-0.1, -0.05) is 0 Å². The van der Waals surface area contributed by atoms with E-state index in [9.17, 15) is 0 Å². The molecule has 1 heterocycles. The first-order valence-corrected chi connectivity index (χ1v) is 4.19. The van der Waals surface area contributed by atoms with E-state index in [0.717, 1.165) is 12.5 Å². The van der Waals surface area contributed by atoms with Crippen LogP contribution in [0.5, 0.6) is 5.88 Å². The van der Waals surface area contributed by atoms with Crippen LogP contribution >= 0.6 is 0 Å². The second kappa shape index (κ2) is 3.01. The van der Waals surface area contributed by atoms with E-state index in [0.29, 0.717) is 11.6 Å². The van der Waals surface area contributed by atoms with Gasteiger partial charge in [0.05, 0.1) is 18.5 Å². The first kappa shape index (κ1) is 7.40. The van der Waals surface area contributed by atoms with Gasteiger partial charge >= 0.3 is 0 Å². The van der Waals surface area contributed by atoms with Crippen molar-refractivity contribution in [2.24, 2.45) is 5.92 Å². The summed E-state index contributed by atoms with van der Waals surface area (Å²) in [5.74, 6) is 1.44. The van der Waals surface area contributed by atoms with Crippen molar-refractivity contribution >= 4 is 5.69 Å². The molecule has 0 saturated heterocycles. The summed E-state index contributed by atoms with van der Waals surface area (Å²) in [5, 5.41) is 0. The summed E-state index contributed by atoms with van der Waals surface area (Å²) in [5.41, 5.74) is 6.15. The Hall–Kier alpha value is -1.25. The number of nitrogen functional groups attached to an aromatic ring is 1. The van der Waals surface area contributed by atoms with Gasteiger partial charge in [-0.25, -0.2) is 4.98 Å². The molecular weight excluding hydrogens is 152 g/mol. The predicted molar refractivity (Wildman–Crippen MR) is 46.9 cm³/mol. The molecule has 0 aromatic carbocycles. The number of hydrogen-bond acceptors (Lipinski definition) is 3. The van der Waals surface area contributed by atoms with Crippen LogP contribution in [0.2, 0.25) is 0 Å². The molecule has 12 heavy (non-hydrogen) atoms. The molecule has 1 aromatic rings. The molecule has 1 aliphatic carbocycles. The van der Waals surface area contributed by atoms with Crippen LogP contribution in [0, 0.1) is 5.92 Å². The van der Waals surface area contributed by atoms with E-state index >= 15 is 0 Å². The fraction of sp³-hybridized carbons (Fsp3) is 0.444. The molecule has 1 aliphatic rings. The van der Waals surface area contributed by atoms with Crippen molar-refractivity contribution in [2.75, 3.05) is 12.3 Å². The van der Waals surface area contributed by atoms with E-state index in [1.807, 2.05) is 0 Å². The van der Waals surface area contributed by atoms with Crippen LogP contribution in [-0.4, -0.2) is 11.6 Å². The van der Waals surface area contributed by atoms with Crippen LogP contribution in [0.15, 0.2) is 18.3 Å². The maximum atomic E-state index is 5.48. The molecular formula is C9H12N2O. The third kappa shape index (κ3) is 1.87. The summed E-state index contributed by atoms with van der Waals surface area (Å²) < 4.78 is 5.42. The highest BCUT2D eigenvalue weighted by atomic mass is 16.5. The third-order valence-corrected chi connectivity index (χ3v) is 1.92. The lowest BCUT2D eigenvalue weighted by molar-refractivity contribution is 0.288. The SMILES string of the molecule is Nc1ccc(OCC2CC2)nc1. The van der Waals surface area contributed by atoms with E-state index in [1.54, 1.807) is 18.3 Å². The number of hydrogen-bond donors (Lipinski definition) is 1. The van der Waals surface area contributed by atoms with Gasteiger partial charge in [0.2, 0.25) is 5.88 Å². The van der Waals surface area contributed by atoms with Crippen LogP contribution in [0.25, 0.3) is 0 Å². The molecule has 0 spiro atoms. The van der Waals surface area contributed by atoms with Crippen LogP contribution in [-0.2, 0) is 0 Å². The molecule has 1 fully saturated rings. The molecule has 64 valence electrons. The van der Waals surface area contributed by atoms with Crippen molar-refractivity contribution in [3.63, 3.8) is 0 Å². The lowest BCUT2D eigenvalue weighted by Gasteiger charge is -2.02. The second-order valence-corrected chi connectivity index (χ2v) is 3.18. The Morgan fingerprint density at radius 3 is 2.92 bits per heavy atom. The largest absolute Gasteiger partial charge is 0.477 e. The predicted octanol–water partition coefficient (Wildman–Crippen LogP) is 1.45. The Morgan fingerprint density at radius 2 is 2.33 bits per heavy atom. The van der Waals surface area contributed by atoms with Gasteiger partial charge in [0.15, 0.2) is 0 Å². The molecule has 1 saturated carbocycles. The first-order chi connectivity index (χ1) is 5.84. The summed E-state index contributed by atoms with van der Waals surface area (Å²) in [6.45, 7) is 0.802. The molecule has 3 nitrogen and oxygen atoms in total. The van der Waals surface area contributed by atoms with Gasteiger partial charge < -0.3 is 10.5 Å². The maximum Gasteiger partial charge on any atom is 0.213 e. The fourth-order valence-corrected chi connectivity index (χ4v) is 0.965. The molecule has 0 unspecified atom stereocenters. The Balaban J connectivity index is 1.89. The summed E-state index contributed by atoms with van der Waals surface area (Å²) in [6, 6.07) is 3.60. The van der Waals surface area contributed by atoms with E-state index in [4.69, 9.17) is 10.5 Å². The zero-order valence-corrected chi connectivity index (χ0v) is 6.86. The average molecular weight is 164 g/mol. The quantitative estimate of drug-likeness (QED) is 0.735. The number of anilines is 1. The molecule has 0 radical (unpaired) electrons. The van der Waals surface area contributed by atoms with E-state index in [2.05, 4.69) is 4.98 Å². The van der Waals surface area contributed by atoms with E-state index in [1.165, 1.54) is 12.8 Å². The van der Waals surface area contributed by atoms with Gasteiger partial charge in [-0.05, 0) is 24.8 Å². The third-order valence-electron chi connectivity index (χ3n) is 1.92. The first-order valence-electron chi connectivity index (χ1n) is 4.19. The number of aromatic nitrogens is 1. The van der Waals surface area contributed by atoms with Crippen molar-refractivity contribution in [2.45, 2.75) is 12.8 Å². The molecule has 3 heteroatoms. The Bertz CT molecular complexity index is 254. The van der Waals surface area contributed by atoms with Gasteiger partial charge in [-0.15, -0.1) is 0 Å². The standard InChI is InChI=1S/C9H12N2O/c10-8-3-4-9(11-5-8)12-6-7-1-2-7/h3-5,7H,1-2,6,10H2. The van der Waals surface area contributed by atoms with Crippen LogP contribution in [0.1, 0.15) is 12.8 Å². The number of rotatable bonds is 3. The minimum atomic E-state index is 0.675. The Morgan fingerprint density at radius 1 is 1.50 bits per heavy atom. The van der Waals surface area contributed by atoms with Crippen LogP contribution in [0.4, 0.5) is 5.69 Å². The second-order valence-electron chi connectivity index (χ2n) is 3.18. The number of pyridine rings is 1. The zero-order valence-electron chi connectivity index (χ0n) is 6.86. The molecule has 2 rings (SSSR count). The fourth-order valence-electron chi connectivity index (χ4n) is 0.965. The van der Waals surface area contributed by atoms with Crippen molar-refractivity contribution < 1.29 is 4.74 Å². The monoisotopic (exact) mass is 164 g/mol. The highest BCUT2D eigenvalue weighted by molar-refractivity contribution is 5.35. The zero-order chi connectivity index (χ0) is 8.39. The maximum absolute atomic E-state index is 5.48. The van der Waals surface area contributed by atoms with Gasteiger partial charge in [-0.2, -0.15) is 0 Å². The van der Waals surface area contributed by atoms with Gasteiger partial charge in [0.25, 0.3) is 0 Å². The van der Waals surface area contributed by atoms with Gasteiger partial charge in [-0.3, -0.25) is 0 Å². The summed E-state index contributed by atoms with van der Waals surface area (Å²) >= 11 is 0. The van der Waals surface area contributed by atoms with E-state index < -0.39 is 0 Å². The number of nitrogens with zero attached hydrogens (tertiary/aromatic N) is 1. The van der Waals surface area contributed by atoms with E-state index in [-0.39, 0.29) is 0 Å². The Kier molecular flexibility index (Phi) is 1.86. The lowest BCUT2D eigenvalue weighted by Crippen LogP contribution is -2.00. The highest BCUT2D eigenvalue weighted by Crippen LogP contribution is 2.29. The minimum absolute atomic E-state index is 0.675. The Labute approximate surface area is 71.6 Å². The molecule has 1 aromatic heterocycles. The number of ether oxygens (including phenoxy) is 1. The molecule has 0 bridgehead atoms.